The average molecular weight is 474 g/mol. The predicted molar refractivity (Wildman–Crippen MR) is 115 cm³/mol. The Kier molecular flexibility index (Phi) is 7.82. The van der Waals surface area contributed by atoms with Gasteiger partial charge in [0, 0.05) is 13.0 Å². The van der Waals surface area contributed by atoms with E-state index in [4.69, 9.17) is 9.84 Å². The molecule has 1 aromatic rings. The third kappa shape index (κ3) is 5.33. The lowest BCUT2D eigenvalue weighted by atomic mass is 10.0. The molecule has 0 aliphatic carbocycles. The molecule has 0 saturated carbocycles. The van der Waals surface area contributed by atoms with Crippen LogP contribution in [0.1, 0.15) is 42.5 Å². The lowest BCUT2D eigenvalue weighted by Gasteiger charge is -2.43. The molecule has 2 saturated heterocycles. The van der Waals surface area contributed by atoms with Crippen molar-refractivity contribution in [2.24, 2.45) is 0 Å². The minimum Gasteiger partial charge on any atom is -0.496 e. The fourth-order valence-corrected chi connectivity index (χ4v) is 4.07. The second kappa shape index (κ2) is 10.8. The maximum atomic E-state index is 13.4. The summed E-state index contributed by atoms with van der Waals surface area (Å²) in [6.45, 7) is 0.216. The number of nitrogens with one attached hydrogen (secondary N) is 2. The zero-order chi connectivity index (χ0) is 24.8. The fourth-order valence-electron chi connectivity index (χ4n) is 4.07. The minimum absolute atomic E-state index is 0.0244. The molecular weight excluding hydrogens is 448 g/mol. The molecule has 0 aromatic heterocycles. The van der Waals surface area contributed by atoms with E-state index in [9.17, 15) is 28.8 Å². The third-order valence-corrected chi connectivity index (χ3v) is 5.71. The first-order valence-electron chi connectivity index (χ1n) is 10.8. The van der Waals surface area contributed by atoms with Crippen LogP contribution in [-0.4, -0.2) is 82.8 Å². The zero-order valence-corrected chi connectivity index (χ0v) is 18.6. The number of aldehydes is 1. The molecule has 2 fully saturated rings. The van der Waals surface area contributed by atoms with Gasteiger partial charge in [-0.15, -0.1) is 0 Å². The van der Waals surface area contributed by atoms with Crippen LogP contribution in [-0.2, 0) is 24.0 Å². The van der Waals surface area contributed by atoms with E-state index >= 15 is 0 Å². The van der Waals surface area contributed by atoms with Crippen molar-refractivity contribution in [1.29, 1.82) is 0 Å². The number of carbonyl (C=O) groups is 6. The molecule has 182 valence electrons. The standard InChI is InChI=1S/C22H26N4O8/c1-34-17-7-3-2-5-14(17)20(31)24-15-8-9-18(28)25-10-4-6-16(26(25)22(15)33)21(32)23-13(12-27)11-19(29)30/h2-3,5,7,12-13,15-16H,4,6,8-11H2,1H3,(H,23,32)(H,24,31)(H,29,30). The van der Waals surface area contributed by atoms with Gasteiger partial charge in [-0.1, -0.05) is 12.1 Å². The molecule has 2 heterocycles. The van der Waals surface area contributed by atoms with Gasteiger partial charge < -0.3 is 25.3 Å². The van der Waals surface area contributed by atoms with Crippen LogP contribution < -0.4 is 15.4 Å². The van der Waals surface area contributed by atoms with E-state index in [0.717, 1.165) is 5.01 Å². The first-order chi connectivity index (χ1) is 16.3. The molecule has 3 rings (SSSR count). The van der Waals surface area contributed by atoms with E-state index in [1.807, 2.05) is 0 Å². The van der Waals surface area contributed by atoms with Crippen LogP contribution in [0.15, 0.2) is 24.3 Å². The Morgan fingerprint density at radius 2 is 1.97 bits per heavy atom. The van der Waals surface area contributed by atoms with Crippen LogP contribution in [0.2, 0.25) is 0 Å². The van der Waals surface area contributed by atoms with Crippen molar-refractivity contribution in [3.63, 3.8) is 0 Å². The van der Waals surface area contributed by atoms with Crippen LogP contribution in [0, 0.1) is 0 Å². The summed E-state index contributed by atoms with van der Waals surface area (Å²) >= 11 is 0. The lowest BCUT2D eigenvalue weighted by molar-refractivity contribution is -0.176. The van der Waals surface area contributed by atoms with Gasteiger partial charge >= 0.3 is 5.97 Å². The van der Waals surface area contributed by atoms with Gasteiger partial charge in [0.05, 0.1) is 25.1 Å². The van der Waals surface area contributed by atoms with E-state index < -0.39 is 48.2 Å². The highest BCUT2D eigenvalue weighted by Gasteiger charge is 2.45. The number of benzene rings is 1. The van der Waals surface area contributed by atoms with Crippen molar-refractivity contribution in [1.82, 2.24) is 20.7 Å². The number of hydrogen-bond acceptors (Lipinski definition) is 7. The Morgan fingerprint density at radius 3 is 2.65 bits per heavy atom. The number of fused-ring (bicyclic) bond motifs is 1. The van der Waals surface area contributed by atoms with E-state index in [1.54, 1.807) is 18.2 Å². The number of carbonyl (C=O) groups excluding carboxylic acids is 5. The number of carboxylic acid groups (broad SMARTS) is 1. The Morgan fingerprint density at radius 1 is 1.24 bits per heavy atom. The van der Waals surface area contributed by atoms with Crippen molar-refractivity contribution in [2.75, 3.05) is 13.7 Å². The van der Waals surface area contributed by atoms with Crippen molar-refractivity contribution in [3.8, 4) is 5.75 Å². The Hall–Kier alpha value is -3.96. The summed E-state index contributed by atoms with van der Waals surface area (Å²) in [6.07, 6.45) is 0.331. The van der Waals surface area contributed by atoms with Crippen molar-refractivity contribution < 1.29 is 38.6 Å². The first kappa shape index (κ1) is 24.7. The summed E-state index contributed by atoms with van der Waals surface area (Å²) < 4.78 is 5.19. The van der Waals surface area contributed by atoms with Crippen LogP contribution in [0.4, 0.5) is 0 Å². The normalized spacial score (nSPS) is 21.1. The molecule has 12 nitrogen and oxygen atoms in total. The second-order valence-electron chi connectivity index (χ2n) is 7.97. The number of amides is 4. The van der Waals surface area contributed by atoms with E-state index in [-0.39, 0.29) is 37.3 Å². The number of hydrazine groups is 1. The summed E-state index contributed by atoms with van der Waals surface area (Å²) in [5.74, 6) is -3.31. The molecule has 3 unspecified atom stereocenters. The molecular formula is C22H26N4O8. The van der Waals surface area contributed by atoms with Gasteiger partial charge in [0.15, 0.2) is 0 Å². The van der Waals surface area contributed by atoms with Gasteiger partial charge in [-0.2, -0.15) is 0 Å². The van der Waals surface area contributed by atoms with Gasteiger partial charge in [-0.3, -0.25) is 29.0 Å². The highest BCUT2D eigenvalue weighted by atomic mass is 16.5. The number of methoxy groups -OCH3 is 1. The van der Waals surface area contributed by atoms with E-state index in [0.29, 0.717) is 18.5 Å². The van der Waals surface area contributed by atoms with E-state index in [1.165, 1.54) is 18.2 Å². The van der Waals surface area contributed by atoms with Crippen LogP contribution in [0.3, 0.4) is 0 Å². The summed E-state index contributed by atoms with van der Waals surface area (Å²) in [6, 6.07) is 2.97. The topological polar surface area (TPSA) is 162 Å². The number of rotatable bonds is 8. The molecule has 1 aromatic carbocycles. The Bertz CT molecular complexity index is 997. The summed E-state index contributed by atoms with van der Waals surface area (Å²) in [5, 5.41) is 16.1. The van der Waals surface area contributed by atoms with Crippen LogP contribution >= 0.6 is 0 Å². The third-order valence-electron chi connectivity index (χ3n) is 5.71. The van der Waals surface area contributed by atoms with Gasteiger partial charge in [0.2, 0.25) is 11.8 Å². The highest BCUT2D eigenvalue weighted by Crippen LogP contribution is 2.26. The van der Waals surface area contributed by atoms with Crippen LogP contribution in [0.25, 0.3) is 0 Å². The number of carboxylic acids is 1. The molecule has 34 heavy (non-hydrogen) atoms. The first-order valence-corrected chi connectivity index (χ1v) is 10.8. The molecule has 0 spiro atoms. The summed E-state index contributed by atoms with van der Waals surface area (Å²) in [5.41, 5.74) is 0.209. The van der Waals surface area contributed by atoms with E-state index in [2.05, 4.69) is 10.6 Å². The molecule has 2 aliphatic heterocycles. The molecule has 0 bridgehead atoms. The molecule has 3 N–H and O–H groups in total. The summed E-state index contributed by atoms with van der Waals surface area (Å²) in [4.78, 5) is 74.0. The predicted octanol–water partition coefficient (Wildman–Crippen LogP) is -0.520. The number of ether oxygens (including phenoxy) is 1. The fraction of sp³-hybridized carbons (Fsp3) is 0.455. The maximum absolute atomic E-state index is 13.4. The monoisotopic (exact) mass is 474 g/mol. The van der Waals surface area contributed by atoms with Crippen molar-refractivity contribution in [3.05, 3.63) is 29.8 Å². The minimum atomic E-state index is -1.28. The lowest BCUT2D eigenvalue weighted by Crippen LogP contribution is -2.64. The summed E-state index contributed by atoms with van der Waals surface area (Å²) in [7, 11) is 1.41. The smallest absolute Gasteiger partial charge is 0.305 e. The van der Waals surface area contributed by atoms with Gasteiger partial charge in [0.1, 0.15) is 24.1 Å². The Labute approximate surface area is 195 Å². The molecule has 3 atom stereocenters. The Balaban J connectivity index is 1.83. The van der Waals surface area contributed by atoms with Crippen molar-refractivity contribution >= 4 is 35.9 Å². The second-order valence-corrected chi connectivity index (χ2v) is 7.97. The number of aliphatic carboxylic acids is 1. The molecule has 2 aliphatic rings. The van der Waals surface area contributed by atoms with Gasteiger partial charge in [-0.05, 0) is 31.4 Å². The quantitative estimate of drug-likeness (QED) is 0.424. The number of hydrogen-bond donors (Lipinski definition) is 3. The zero-order valence-electron chi connectivity index (χ0n) is 18.6. The number of para-hydroxylation sites is 1. The largest absolute Gasteiger partial charge is 0.496 e. The maximum Gasteiger partial charge on any atom is 0.305 e. The molecule has 12 heteroatoms. The van der Waals surface area contributed by atoms with Crippen LogP contribution in [0.5, 0.6) is 5.75 Å². The highest BCUT2D eigenvalue weighted by molar-refractivity contribution is 6.01. The van der Waals surface area contributed by atoms with Crippen molar-refractivity contribution in [2.45, 2.75) is 50.2 Å². The average Bonchev–Trinajstić information content (AvgIpc) is 2.95. The number of nitrogens with zero attached hydrogens (tertiary/aromatic N) is 2. The van der Waals surface area contributed by atoms with Gasteiger partial charge in [0.25, 0.3) is 11.8 Å². The van der Waals surface area contributed by atoms with Gasteiger partial charge in [-0.25, -0.2) is 5.01 Å². The molecule has 4 amide bonds. The SMILES string of the molecule is COc1ccccc1C(=O)NC1CCC(=O)N2CCCC(C(=O)NC(C=O)CC(=O)O)N2C1=O. The molecule has 0 radical (unpaired) electrons.